The van der Waals surface area contributed by atoms with Crippen LogP contribution in [0.15, 0.2) is 81.8 Å². The summed E-state index contributed by atoms with van der Waals surface area (Å²) in [4.78, 5) is 39.5. The van der Waals surface area contributed by atoms with Gasteiger partial charge in [0.2, 0.25) is 5.89 Å². The van der Waals surface area contributed by atoms with Gasteiger partial charge in [0.25, 0.3) is 5.91 Å². The second-order valence-electron chi connectivity index (χ2n) is 9.22. The Morgan fingerprint density at radius 3 is 2.11 bits per heavy atom. The zero-order valence-electron chi connectivity index (χ0n) is 25.5. The molecule has 3 heterocycles. The van der Waals surface area contributed by atoms with Gasteiger partial charge in [-0.1, -0.05) is 13.8 Å². The summed E-state index contributed by atoms with van der Waals surface area (Å²) in [6.45, 7) is 8.00. The van der Waals surface area contributed by atoms with Crippen molar-refractivity contribution in [1.82, 2.24) is 15.3 Å². The Kier molecular flexibility index (Phi) is 11.4. The molecule has 0 aliphatic carbocycles. The fraction of sp³-hybridized carbons (Fsp3) is 0.147. The predicted octanol–water partition coefficient (Wildman–Crippen LogP) is 7.33. The Balaban J connectivity index is 0.000000870. The van der Waals surface area contributed by atoms with E-state index in [9.17, 15) is 9.18 Å². The van der Waals surface area contributed by atoms with Crippen LogP contribution in [-0.2, 0) is 9.59 Å². The molecule has 0 unspecified atom stereocenters. The number of nitrogens with one attached hydrogen (secondary N) is 1. The smallest absolute Gasteiger partial charge is 0.255 e. The van der Waals surface area contributed by atoms with Crippen LogP contribution in [0, 0.1) is 11.6 Å². The number of anilines is 1. The third-order valence-electron chi connectivity index (χ3n) is 6.47. The maximum absolute atomic E-state index is 15.0. The highest BCUT2D eigenvalue weighted by Crippen LogP contribution is 2.41. The third kappa shape index (κ3) is 6.93. The molecule has 11 heteroatoms. The quantitative estimate of drug-likeness (QED) is 0.214. The molecule has 1 N–H and O–H groups in total. The first-order valence-corrected chi connectivity index (χ1v) is 13.7. The van der Waals surface area contributed by atoms with Gasteiger partial charge < -0.3 is 28.6 Å². The first kappa shape index (κ1) is 33.8. The predicted molar refractivity (Wildman–Crippen MR) is 171 cm³/mol. The van der Waals surface area contributed by atoms with Gasteiger partial charge >= 0.3 is 0 Å². The number of halogens is 2. The highest BCUT2D eigenvalue weighted by atomic mass is 19.1. The van der Waals surface area contributed by atoms with Crippen LogP contribution in [0.2, 0.25) is 0 Å². The Morgan fingerprint density at radius 2 is 1.49 bits per heavy atom. The van der Waals surface area contributed by atoms with Gasteiger partial charge in [0, 0.05) is 61.2 Å². The van der Waals surface area contributed by atoms with Gasteiger partial charge in [-0.05, 0) is 66.2 Å². The second-order valence-corrected chi connectivity index (χ2v) is 9.22. The number of oxazole rings is 1. The van der Waals surface area contributed by atoms with Crippen LogP contribution in [0.4, 0.5) is 14.5 Å². The number of aromatic nitrogens is 2. The molecule has 1 amide bonds. The minimum atomic E-state index is -0.478. The lowest BCUT2D eigenvalue weighted by Gasteiger charge is -2.18. The van der Waals surface area contributed by atoms with Crippen molar-refractivity contribution in [3.8, 4) is 33.9 Å². The first-order valence-electron chi connectivity index (χ1n) is 13.7. The van der Waals surface area contributed by atoms with E-state index in [0.717, 1.165) is 5.69 Å². The van der Waals surface area contributed by atoms with Crippen LogP contribution < -0.4 is 10.2 Å². The summed E-state index contributed by atoms with van der Waals surface area (Å²) in [5.74, 6) is -0.691. The molecule has 9 nitrogen and oxygen atoms in total. The highest BCUT2D eigenvalue weighted by Gasteiger charge is 2.24. The van der Waals surface area contributed by atoms with Gasteiger partial charge in [0.05, 0.1) is 5.56 Å². The van der Waals surface area contributed by atoms with E-state index in [0.29, 0.717) is 55.8 Å². The number of nitrogens with zero attached hydrogens (tertiary/aromatic N) is 3. The molecule has 0 saturated heterocycles. The minimum Gasteiger partial charge on any atom is -0.455 e. The number of furan rings is 1. The van der Waals surface area contributed by atoms with Crippen molar-refractivity contribution in [3.63, 3.8) is 0 Å². The standard InChI is InChI=1S/C30H22F2N4O3.C2H6.2CH2O/c1-33-29(37)26-22-14-21(23(36(2)3)15-25(22)38-27(26)16-6-8-19(31)9-7-16)17-11-18(13-20(32)12-17)30-35-28-24(39-30)5-4-10-34-28;3*1-2/h4-15H,1-3H3,(H,33,37);1-2H3;2*1H2. The number of pyridine rings is 1. The van der Waals surface area contributed by atoms with Gasteiger partial charge in [-0.3, -0.25) is 4.79 Å². The van der Waals surface area contributed by atoms with Gasteiger partial charge in [0.1, 0.15) is 36.6 Å². The maximum atomic E-state index is 15.0. The van der Waals surface area contributed by atoms with E-state index in [1.807, 2.05) is 46.4 Å². The van der Waals surface area contributed by atoms with Crippen molar-refractivity contribution in [2.45, 2.75) is 13.8 Å². The molecule has 0 spiro atoms. The third-order valence-corrected chi connectivity index (χ3v) is 6.47. The van der Waals surface area contributed by atoms with Gasteiger partial charge in [0.15, 0.2) is 11.2 Å². The molecule has 0 atom stereocenters. The van der Waals surface area contributed by atoms with Crippen molar-refractivity contribution >= 4 is 47.4 Å². The van der Waals surface area contributed by atoms with Crippen LogP contribution in [0.1, 0.15) is 24.2 Å². The highest BCUT2D eigenvalue weighted by molar-refractivity contribution is 6.13. The lowest BCUT2D eigenvalue weighted by molar-refractivity contribution is -0.0987. The summed E-state index contributed by atoms with van der Waals surface area (Å²) in [5.41, 5.74) is 4.63. The summed E-state index contributed by atoms with van der Waals surface area (Å²) in [7, 11) is 5.25. The largest absolute Gasteiger partial charge is 0.455 e. The molecule has 0 fully saturated rings. The minimum absolute atomic E-state index is 0.241. The number of hydrogen-bond acceptors (Lipinski definition) is 8. The number of amides is 1. The zero-order chi connectivity index (χ0) is 33.3. The average molecular weight is 615 g/mol. The van der Waals surface area contributed by atoms with E-state index in [1.54, 1.807) is 48.7 Å². The van der Waals surface area contributed by atoms with E-state index in [1.165, 1.54) is 31.3 Å². The van der Waals surface area contributed by atoms with Gasteiger partial charge in [-0.25, -0.2) is 13.8 Å². The molecular weight excluding hydrogens is 582 g/mol. The topological polar surface area (TPSA) is 119 Å². The van der Waals surface area contributed by atoms with Gasteiger partial charge in [-0.15, -0.1) is 0 Å². The molecule has 0 saturated carbocycles. The summed E-state index contributed by atoms with van der Waals surface area (Å²) >= 11 is 0. The Hall–Kier alpha value is -5.71. The number of benzene rings is 3. The van der Waals surface area contributed by atoms with Gasteiger partial charge in [-0.2, -0.15) is 4.98 Å². The lowest BCUT2D eigenvalue weighted by Crippen LogP contribution is -2.18. The number of rotatable bonds is 5. The number of carbonyl (C=O) groups excluding carboxylic acids is 3. The van der Waals surface area contributed by atoms with Crippen molar-refractivity contribution in [2.24, 2.45) is 0 Å². The van der Waals surface area contributed by atoms with Crippen LogP contribution in [0.25, 0.3) is 56.1 Å². The molecule has 232 valence electrons. The number of fused-ring (bicyclic) bond motifs is 2. The Labute approximate surface area is 258 Å². The molecule has 0 aliphatic rings. The summed E-state index contributed by atoms with van der Waals surface area (Å²) < 4.78 is 40.6. The van der Waals surface area contributed by atoms with Crippen LogP contribution in [-0.4, -0.2) is 50.6 Å². The number of carbonyl (C=O) groups is 3. The SMILES string of the molecule is C=O.C=O.CC.CNC(=O)c1c(-c2ccc(F)cc2)oc2cc(N(C)C)c(-c3cc(F)cc(-c4nc5ncccc5o4)c3)cc12. The molecule has 0 aliphatic heterocycles. The summed E-state index contributed by atoms with van der Waals surface area (Å²) in [6, 6.07) is 17.4. The molecule has 45 heavy (non-hydrogen) atoms. The van der Waals surface area contributed by atoms with E-state index in [2.05, 4.69) is 15.3 Å². The van der Waals surface area contributed by atoms with E-state index in [-0.39, 0.29) is 11.8 Å². The van der Waals surface area contributed by atoms with Crippen LogP contribution >= 0.6 is 0 Å². The average Bonchev–Trinajstić information content (AvgIpc) is 3.68. The van der Waals surface area contributed by atoms with E-state index in [4.69, 9.17) is 18.4 Å². The fourth-order valence-corrected chi connectivity index (χ4v) is 4.65. The first-order chi connectivity index (χ1) is 21.8. The van der Waals surface area contributed by atoms with Crippen molar-refractivity contribution < 1.29 is 32.0 Å². The molecular formula is C34H32F2N4O5. The summed E-state index contributed by atoms with van der Waals surface area (Å²) in [5, 5.41) is 3.19. The molecule has 6 rings (SSSR count). The Morgan fingerprint density at radius 1 is 0.822 bits per heavy atom. The van der Waals surface area contributed by atoms with Crippen LogP contribution in [0.3, 0.4) is 0 Å². The monoisotopic (exact) mass is 614 g/mol. The normalized spacial score (nSPS) is 10.1. The van der Waals surface area contributed by atoms with E-state index >= 15 is 4.39 Å². The second kappa shape index (κ2) is 15.1. The lowest BCUT2D eigenvalue weighted by atomic mass is 9.96. The molecule has 3 aromatic carbocycles. The number of hydrogen-bond donors (Lipinski definition) is 1. The molecule has 6 aromatic rings. The van der Waals surface area contributed by atoms with Crippen molar-refractivity contribution in [1.29, 1.82) is 0 Å². The Bertz CT molecular complexity index is 1880. The summed E-state index contributed by atoms with van der Waals surface area (Å²) in [6.07, 6.45) is 1.61. The van der Waals surface area contributed by atoms with Crippen molar-refractivity contribution in [2.75, 3.05) is 26.0 Å². The maximum Gasteiger partial charge on any atom is 0.255 e. The molecule has 0 radical (unpaired) electrons. The van der Waals surface area contributed by atoms with Crippen LogP contribution in [0.5, 0.6) is 0 Å². The van der Waals surface area contributed by atoms with E-state index < -0.39 is 11.6 Å². The molecule has 0 bridgehead atoms. The zero-order valence-corrected chi connectivity index (χ0v) is 25.5. The fourth-order valence-electron chi connectivity index (χ4n) is 4.65. The van der Waals surface area contributed by atoms with Crippen molar-refractivity contribution in [3.05, 3.63) is 90.1 Å². The molecule has 3 aromatic heterocycles.